The van der Waals surface area contributed by atoms with Gasteiger partial charge in [-0.15, -0.1) is 0 Å². The second-order valence-electron chi connectivity index (χ2n) is 8.20. The Morgan fingerprint density at radius 1 is 0.815 bits per heavy atom. The number of hydrogen-bond donors (Lipinski definition) is 0. The minimum atomic E-state index is -4.26. The molecule has 0 aliphatic carbocycles. The van der Waals surface area contributed by atoms with Crippen LogP contribution in [-0.2, 0) is 12.7 Å². The molecule has 5 heteroatoms. The number of rotatable bonds is 13. The van der Waals surface area contributed by atoms with Gasteiger partial charge in [0.2, 0.25) is 0 Å². The molecule has 0 aromatic heterocycles. The Labute approximate surface area is 170 Å². The number of halogens is 4. The lowest BCUT2D eigenvalue weighted by molar-refractivity contribution is -0.903. The lowest BCUT2D eigenvalue weighted by Crippen LogP contribution is -3.00. The van der Waals surface area contributed by atoms with Crippen LogP contribution in [0.25, 0.3) is 0 Å². The molecule has 0 atom stereocenters. The molecule has 1 nitrogen and oxygen atoms in total. The largest absolute Gasteiger partial charge is 1.00 e. The fourth-order valence-corrected chi connectivity index (χ4v) is 3.45. The quantitative estimate of drug-likeness (QED) is 0.339. The molecule has 1 aromatic carbocycles. The fourth-order valence-electron chi connectivity index (χ4n) is 3.45. The third kappa shape index (κ3) is 12.4. The molecule has 0 saturated heterocycles. The highest BCUT2D eigenvalue weighted by molar-refractivity contribution is 5.25. The number of alkyl halides is 3. The monoisotopic (exact) mass is 407 g/mol. The van der Waals surface area contributed by atoms with Crippen LogP contribution in [0.4, 0.5) is 13.2 Å². The summed E-state index contributed by atoms with van der Waals surface area (Å²) in [5.41, 5.74) is 0.214. The molecular weight excluding hydrogens is 371 g/mol. The molecule has 158 valence electrons. The van der Waals surface area contributed by atoms with Gasteiger partial charge in [-0.25, -0.2) is 0 Å². The first-order valence-electron chi connectivity index (χ1n) is 10.2. The van der Waals surface area contributed by atoms with Gasteiger partial charge in [0, 0.05) is 5.56 Å². The second-order valence-corrected chi connectivity index (χ2v) is 8.20. The van der Waals surface area contributed by atoms with Gasteiger partial charge < -0.3 is 16.9 Å². The second kappa shape index (κ2) is 13.4. The van der Waals surface area contributed by atoms with Crippen molar-refractivity contribution in [1.82, 2.24) is 0 Å². The molecule has 27 heavy (non-hydrogen) atoms. The third-order valence-corrected chi connectivity index (χ3v) is 4.98. The van der Waals surface area contributed by atoms with Gasteiger partial charge in [-0.2, -0.15) is 13.2 Å². The van der Waals surface area contributed by atoms with E-state index in [1.54, 1.807) is 6.07 Å². The molecule has 0 bridgehead atoms. The number of nitrogens with zero attached hydrogens (tertiary/aromatic N) is 1. The highest BCUT2D eigenvalue weighted by Crippen LogP contribution is 2.30. The predicted octanol–water partition coefficient (Wildman–Crippen LogP) is 4.21. The van der Waals surface area contributed by atoms with E-state index in [4.69, 9.17) is 0 Å². The van der Waals surface area contributed by atoms with Crippen molar-refractivity contribution in [3.05, 3.63) is 35.4 Å². The molecule has 0 unspecified atom stereocenters. The van der Waals surface area contributed by atoms with Crippen LogP contribution in [0, 0.1) is 0 Å². The van der Waals surface area contributed by atoms with Crippen molar-refractivity contribution in [2.24, 2.45) is 0 Å². The molecule has 0 saturated carbocycles. The van der Waals surface area contributed by atoms with E-state index in [-0.39, 0.29) is 12.4 Å². The Bertz CT molecular complexity index is 501. The predicted molar refractivity (Wildman–Crippen MR) is 104 cm³/mol. The highest BCUT2D eigenvalue weighted by Gasteiger charge is 2.30. The van der Waals surface area contributed by atoms with Crippen LogP contribution in [-0.4, -0.2) is 25.1 Å². The zero-order valence-electron chi connectivity index (χ0n) is 17.3. The Morgan fingerprint density at radius 3 is 1.85 bits per heavy atom. The molecule has 0 radical (unpaired) electrons. The van der Waals surface area contributed by atoms with Gasteiger partial charge in [-0.1, -0.05) is 70.4 Å². The maximum atomic E-state index is 12.8. The van der Waals surface area contributed by atoms with Crippen LogP contribution in [0.15, 0.2) is 24.3 Å². The van der Waals surface area contributed by atoms with E-state index in [2.05, 4.69) is 21.0 Å². The zero-order chi connectivity index (χ0) is 19.5. The van der Waals surface area contributed by atoms with E-state index < -0.39 is 11.7 Å². The lowest BCUT2D eigenvalue weighted by Gasteiger charge is -2.30. The summed E-state index contributed by atoms with van der Waals surface area (Å²) >= 11 is 0. The van der Waals surface area contributed by atoms with Gasteiger partial charge in [0.15, 0.2) is 0 Å². The Morgan fingerprint density at radius 2 is 1.33 bits per heavy atom. The van der Waals surface area contributed by atoms with Crippen molar-refractivity contribution in [3.63, 3.8) is 0 Å². The van der Waals surface area contributed by atoms with Crippen molar-refractivity contribution in [2.75, 3.05) is 20.6 Å². The average Bonchev–Trinajstić information content (AvgIpc) is 2.55. The van der Waals surface area contributed by atoms with Crippen molar-refractivity contribution in [2.45, 2.75) is 83.9 Å². The van der Waals surface area contributed by atoms with E-state index >= 15 is 0 Å². The minimum Gasteiger partial charge on any atom is -1.00 e. The van der Waals surface area contributed by atoms with Crippen LogP contribution in [0.3, 0.4) is 0 Å². The molecule has 0 heterocycles. The zero-order valence-corrected chi connectivity index (χ0v) is 18.0. The Balaban J connectivity index is 0.00000676. The molecule has 0 aliphatic rings. The maximum absolute atomic E-state index is 12.8. The number of quaternary nitrogens is 1. The summed E-state index contributed by atoms with van der Waals surface area (Å²) in [5.74, 6) is 0. The molecule has 1 rings (SSSR count). The molecule has 1 aromatic rings. The maximum Gasteiger partial charge on any atom is 0.416 e. The number of unbranched alkanes of at least 4 members (excludes halogenated alkanes) is 9. The summed E-state index contributed by atoms with van der Waals surface area (Å²) in [6, 6.07) is 5.75. The first kappa shape index (κ1) is 26.3. The molecule has 0 spiro atoms. The molecule has 0 aliphatic heterocycles. The fraction of sp³-hybridized carbons (Fsp3) is 0.727. The molecule has 0 fully saturated rings. The first-order chi connectivity index (χ1) is 12.2. The first-order valence-corrected chi connectivity index (χ1v) is 10.2. The Kier molecular flexibility index (Phi) is 13.1. The van der Waals surface area contributed by atoms with Crippen LogP contribution in [0.1, 0.15) is 82.3 Å². The smallest absolute Gasteiger partial charge is 0.416 e. The van der Waals surface area contributed by atoms with E-state index in [0.29, 0.717) is 6.54 Å². The van der Waals surface area contributed by atoms with E-state index in [1.807, 2.05) is 0 Å². The number of benzene rings is 1. The van der Waals surface area contributed by atoms with E-state index in [0.717, 1.165) is 29.1 Å². The van der Waals surface area contributed by atoms with Crippen LogP contribution >= 0.6 is 0 Å². The van der Waals surface area contributed by atoms with Crippen molar-refractivity contribution in [3.8, 4) is 0 Å². The normalized spacial score (nSPS) is 12.1. The minimum absolute atomic E-state index is 0. The molecule has 0 N–H and O–H groups in total. The Hall–Kier alpha value is -0.740. The lowest BCUT2D eigenvalue weighted by atomic mass is 10.1. The van der Waals surface area contributed by atoms with Crippen molar-refractivity contribution < 1.29 is 30.1 Å². The summed E-state index contributed by atoms with van der Waals surface area (Å²) in [6.07, 6.45) is 8.79. The van der Waals surface area contributed by atoms with E-state index in [9.17, 15) is 13.2 Å². The standard InChI is InChI=1S/C22H37F3N.ClH/c1-4-5-6-7-8-9-10-11-12-13-17-26(2,3)19-20-15-14-16-21(18-20)22(23,24)25;/h14-16,18H,4-13,17,19H2,1-3H3;1H/q+1;/p-1. The van der Waals surface area contributed by atoms with Crippen molar-refractivity contribution in [1.29, 1.82) is 0 Å². The summed E-state index contributed by atoms with van der Waals surface area (Å²) < 4.78 is 39.2. The molecule has 0 amide bonds. The van der Waals surface area contributed by atoms with Gasteiger partial charge in [0.1, 0.15) is 6.54 Å². The SMILES string of the molecule is CCCCCCCCCCCC[N+](C)(C)Cc1cccc(C(F)(F)F)c1.[Cl-]. The summed E-state index contributed by atoms with van der Waals surface area (Å²) in [6.45, 7) is 3.89. The summed E-state index contributed by atoms with van der Waals surface area (Å²) in [7, 11) is 4.21. The molecular formula is C22H37ClF3N. The summed E-state index contributed by atoms with van der Waals surface area (Å²) in [4.78, 5) is 0. The average molecular weight is 408 g/mol. The number of hydrogen-bond acceptors (Lipinski definition) is 0. The van der Waals surface area contributed by atoms with Crippen LogP contribution in [0.2, 0.25) is 0 Å². The van der Waals surface area contributed by atoms with Crippen LogP contribution < -0.4 is 12.4 Å². The van der Waals surface area contributed by atoms with E-state index in [1.165, 1.54) is 69.9 Å². The topological polar surface area (TPSA) is 0 Å². The van der Waals surface area contributed by atoms with Gasteiger partial charge in [0.25, 0.3) is 0 Å². The van der Waals surface area contributed by atoms with Gasteiger partial charge in [-0.3, -0.25) is 0 Å². The third-order valence-electron chi connectivity index (χ3n) is 4.98. The van der Waals surface area contributed by atoms with Crippen molar-refractivity contribution >= 4 is 0 Å². The highest BCUT2D eigenvalue weighted by atomic mass is 35.5. The van der Waals surface area contributed by atoms with Gasteiger partial charge >= 0.3 is 6.18 Å². The van der Waals surface area contributed by atoms with Gasteiger partial charge in [-0.05, 0) is 25.0 Å². The summed E-state index contributed by atoms with van der Waals surface area (Å²) in [5, 5.41) is 0. The van der Waals surface area contributed by atoms with Crippen LogP contribution in [0.5, 0.6) is 0 Å². The van der Waals surface area contributed by atoms with Gasteiger partial charge in [0.05, 0.1) is 26.2 Å².